The molecule has 1 aliphatic heterocycles. The first kappa shape index (κ1) is 10.2. The number of nitrogens with zero attached hydrogens (tertiary/aromatic N) is 1. The second-order valence-corrected chi connectivity index (χ2v) is 4.97. The van der Waals surface area contributed by atoms with E-state index >= 15 is 0 Å². The van der Waals surface area contributed by atoms with Gasteiger partial charge in [-0.05, 0) is 43.5 Å². The van der Waals surface area contributed by atoms with Gasteiger partial charge in [-0.2, -0.15) is 0 Å². The first-order valence-corrected chi connectivity index (χ1v) is 6.14. The van der Waals surface area contributed by atoms with E-state index in [1.807, 2.05) is 12.1 Å². The van der Waals surface area contributed by atoms with Gasteiger partial charge in [0.25, 0.3) is 0 Å². The van der Waals surface area contributed by atoms with Crippen molar-refractivity contribution in [3.05, 3.63) is 35.0 Å². The lowest BCUT2D eigenvalue weighted by Crippen LogP contribution is -2.25. The number of fused-ring (bicyclic) bond motifs is 3. The molecule has 1 aromatic carbocycles. The van der Waals surface area contributed by atoms with E-state index < -0.39 is 0 Å². The van der Waals surface area contributed by atoms with E-state index in [1.165, 1.54) is 23.0 Å². The molecular formula is C13H15ClN2. The molecule has 0 saturated heterocycles. The van der Waals surface area contributed by atoms with Gasteiger partial charge in [0.05, 0.1) is 0 Å². The smallest absolute Gasteiger partial charge is 0.0499 e. The van der Waals surface area contributed by atoms with Gasteiger partial charge in [-0.1, -0.05) is 17.7 Å². The summed E-state index contributed by atoms with van der Waals surface area (Å²) in [6.07, 6.45) is 2.32. The topological polar surface area (TPSA) is 30.9 Å². The van der Waals surface area contributed by atoms with Crippen LogP contribution in [0.15, 0.2) is 24.3 Å². The average Bonchev–Trinajstić information content (AvgIpc) is 2.68. The summed E-state index contributed by atoms with van der Waals surface area (Å²) >= 11 is 6.21. The number of halogens is 1. The largest absolute Gasteiger partial charge is 0.344 e. The van der Waals surface area contributed by atoms with Crippen LogP contribution in [0.5, 0.6) is 0 Å². The van der Waals surface area contributed by atoms with Gasteiger partial charge >= 0.3 is 0 Å². The maximum atomic E-state index is 6.21. The van der Waals surface area contributed by atoms with Crippen LogP contribution in [0.2, 0.25) is 5.02 Å². The van der Waals surface area contributed by atoms with Crippen molar-refractivity contribution in [3.8, 4) is 0 Å². The van der Waals surface area contributed by atoms with Gasteiger partial charge in [-0.15, -0.1) is 0 Å². The summed E-state index contributed by atoms with van der Waals surface area (Å²) in [6, 6.07) is 8.34. The molecule has 1 atom stereocenters. The van der Waals surface area contributed by atoms with Crippen molar-refractivity contribution in [3.63, 3.8) is 0 Å². The van der Waals surface area contributed by atoms with Crippen LogP contribution in [-0.4, -0.2) is 11.1 Å². The van der Waals surface area contributed by atoms with E-state index in [-0.39, 0.29) is 0 Å². The Morgan fingerprint density at radius 2 is 2.31 bits per heavy atom. The molecule has 16 heavy (non-hydrogen) atoms. The summed E-state index contributed by atoms with van der Waals surface area (Å²) in [5, 5.41) is 2.03. The predicted molar refractivity (Wildman–Crippen MR) is 67.8 cm³/mol. The number of nitrogens with two attached hydrogens (primary N) is 1. The van der Waals surface area contributed by atoms with Crippen molar-refractivity contribution < 1.29 is 0 Å². The van der Waals surface area contributed by atoms with Crippen LogP contribution in [0.25, 0.3) is 10.9 Å². The number of aryl methyl sites for hydroxylation is 1. The Morgan fingerprint density at radius 3 is 3.12 bits per heavy atom. The Balaban J connectivity index is 2.18. The molecule has 0 radical (unpaired) electrons. The second kappa shape index (κ2) is 3.79. The number of benzene rings is 1. The maximum Gasteiger partial charge on any atom is 0.0499 e. The molecule has 1 aliphatic rings. The fourth-order valence-corrected chi connectivity index (χ4v) is 2.84. The van der Waals surface area contributed by atoms with Crippen molar-refractivity contribution in [2.45, 2.75) is 19.4 Å². The zero-order chi connectivity index (χ0) is 11.1. The first-order valence-electron chi connectivity index (χ1n) is 5.76. The molecule has 1 unspecified atom stereocenters. The van der Waals surface area contributed by atoms with E-state index in [9.17, 15) is 0 Å². The summed E-state index contributed by atoms with van der Waals surface area (Å²) in [5.41, 5.74) is 8.41. The second-order valence-electron chi connectivity index (χ2n) is 4.56. The molecule has 1 aromatic heterocycles. The molecular weight excluding hydrogens is 220 g/mol. The predicted octanol–water partition coefficient (Wildman–Crippen LogP) is 2.82. The molecule has 3 rings (SSSR count). The van der Waals surface area contributed by atoms with E-state index in [2.05, 4.69) is 16.7 Å². The third-order valence-electron chi connectivity index (χ3n) is 3.56. The molecule has 0 saturated carbocycles. The maximum absolute atomic E-state index is 6.21. The van der Waals surface area contributed by atoms with E-state index in [0.29, 0.717) is 5.92 Å². The zero-order valence-electron chi connectivity index (χ0n) is 9.12. The number of aromatic nitrogens is 1. The highest BCUT2D eigenvalue weighted by Gasteiger charge is 2.19. The summed E-state index contributed by atoms with van der Waals surface area (Å²) in [6.45, 7) is 1.81. The third-order valence-corrected chi connectivity index (χ3v) is 3.89. The lowest BCUT2D eigenvalue weighted by molar-refractivity contribution is 0.385. The Labute approximate surface area is 100.0 Å². The van der Waals surface area contributed by atoms with Crippen LogP contribution in [-0.2, 0) is 13.0 Å². The number of rotatable bonds is 1. The van der Waals surface area contributed by atoms with Gasteiger partial charge < -0.3 is 10.3 Å². The molecule has 2 nitrogen and oxygen atoms in total. The van der Waals surface area contributed by atoms with E-state index in [0.717, 1.165) is 24.5 Å². The van der Waals surface area contributed by atoms with Gasteiger partial charge in [0.2, 0.25) is 0 Å². The first-order chi connectivity index (χ1) is 7.79. The Bertz CT molecular complexity index is 530. The summed E-state index contributed by atoms with van der Waals surface area (Å²) in [5.74, 6) is 0.613. The summed E-state index contributed by atoms with van der Waals surface area (Å²) in [7, 11) is 0. The lowest BCUT2D eigenvalue weighted by atomic mass is 9.98. The Morgan fingerprint density at radius 1 is 1.44 bits per heavy atom. The average molecular weight is 235 g/mol. The van der Waals surface area contributed by atoms with Crippen molar-refractivity contribution in [1.82, 2.24) is 4.57 Å². The van der Waals surface area contributed by atoms with Crippen molar-refractivity contribution in [2.24, 2.45) is 11.7 Å². The molecule has 2 N–H and O–H groups in total. The molecule has 84 valence electrons. The minimum atomic E-state index is 0.613. The van der Waals surface area contributed by atoms with Gasteiger partial charge in [0, 0.05) is 28.2 Å². The van der Waals surface area contributed by atoms with Crippen molar-refractivity contribution in [2.75, 3.05) is 6.54 Å². The third kappa shape index (κ3) is 1.45. The zero-order valence-corrected chi connectivity index (χ0v) is 9.87. The minimum absolute atomic E-state index is 0.613. The van der Waals surface area contributed by atoms with Crippen LogP contribution in [0, 0.1) is 5.92 Å². The van der Waals surface area contributed by atoms with Crippen LogP contribution in [0.3, 0.4) is 0 Å². The van der Waals surface area contributed by atoms with E-state index in [4.69, 9.17) is 17.3 Å². The normalized spacial score (nSPS) is 20.0. The SMILES string of the molecule is NCC1CCc2cc3c(Cl)cccc3n2C1. The monoisotopic (exact) mass is 234 g/mol. The van der Waals surface area contributed by atoms with Gasteiger partial charge in [-0.3, -0.25) is 0 Å². The summed E-state index contributed by atoms with van der Waals surface area (Å²) < 4.78 is 2.38. The number of hydrogen-bond donors (Lipinski definition) is 1. The molecule has 0 bridgehead atoms. The minimum Gasteiger partial charge on any atom is -0.344 e. The molecule has 3 heteroatoms. The Kier molecular flexibility index (Phi) is 2.41. The van der Waals surface area contributed by atoms with Crippen LogP contribution >= 0.6 is 11.6 Å². The quantitative estimate of drug-likeness (QED) is 0.808. The number of hydrogen-bond acceptors (Lipinski definition) is 1. The van der Waals surface area contributed by atoms with Crippen molar-refractivity contribution in [1.29, 1.82) is 0 Å². The molecule has 2 heterocycles. The fraction of sp³-hybridized carbons (Fsp3) is 0.385. The highest BCUT2D eigenvalue weighted by Crippen LogP contribution is 2.31. The molecule has 0 fully saturated rings. The highest BCUT2D eigenvalue weighted by molar-refractivity contribution is 6.35. The molecule has 2 aromatic rings. The van der Waals surface area contributed by atoms with Crippen LogP contribution in [0.1, 0.15) is 12.1 Å². The van der Waals surface area contributed by atoms with Gasteiger partial charge in [0.15, 0.2) is 0 Å². The standard InChI is InChI=1S/C13H15ClN2/c14-12-2-1-3-13-11(12)6-10-5-4-9(7-15)8-16(10)13/h1-3,6,9H,4-5,7-8,15H2. The highest BCUT2D eigenvalue weighted by atomic mass is 35.5. The van der Waals surface area contributed by atoms with Crippen LogP contribution < -0.4 is 5.73 Å². The fourth-order valence-electron chi connectivity index (χ4n) is 2.62. The van der Waals surface area contributed by atoms with Gasteiger partial charge in [-0.25, -0.2) is 0 Å². The summed E-state index contributed by atoms with van der Waals surface area (Å²) in [4.78, 5) is 0. The molecule has 0 aliphatic carbocycles. The van der Waals surface area contributed by atoms with Crippen LogP contribution in [0.4, 0.5) is 0 Å². The van der Waals surface area contributed by atoms with Crippen molar-refractivity contribution >= 4 is 22.5 Å². The Hall–Kier alpha value is -0.990. The lowest BCUT2D eigenvalue weighted by Gasteiger charge is -2.24. The van der Waals surface area contributed by atoms with Gasteiger partial charge in [0.1, 0.15) is 0 Å². The molecule has 0 spiro atoms. The molecule has 0 amide bonds. The van der Waals surface area contributed by atoms with E-state index in [1.54, 1.807) is 0 Å².